The highest BCUT2D eigenvalue weighted by Crippen LogP contribution is 2.22. The Labute approximate surface area is 170 Å². The number of nitrogens with one attached hydrogen (secondary N) is 2. The first-order chi connectivity index (χ1) is 13.8. The van der Waals surface area contributed by atoms with Gasteiger partial charge in [0, 0.05) is 25.2 Å². The first-order valence-electron chi connectivity index (χ1n) is 10.4. The molecule has 0 aliphatic carbocycles. The average molecular weight is 373 g/mol. The van der Waals surface area contributed by atoms with Gasteiger partial charge in [0.1, 0.15) is 0 Å². The monoisotopic (exact) mass is 372 g/mol. The van der Waals surface area contributed by atoms with Gasteiger partial charge >= 0.3 is 0 Å². The van der Waals surface area contributed by atoms with Crippen molar-refractivity contribution in [2.75, 3.05) is 0 Å². The molecule has 2 N–H and O–H groups in total. The summed E-state index contributed by atoms with van der Waals surface area (Å²) < 4.78 is 0. The van der Waals surface area contributed by atoms with Crippen molar-refractivity contribution in [3.8, 4) is 0 Å². The van der Waals surface area contributed by atoms with Gasteiger partial charge in [-0.1, -0.05) is 98.8 Å². The van der Waals surface area contributed by atoms with Gasteiger partial charge in [-0.3, -0.25) is 0 Å². The Balaban J connectivity index is 1.60. The molecule has 0 fully saturated rings. The summed E-state index contributed by atoms with van der Waals surface area (Å²) in [5, 5.41) is 7.39. The van der Waals surface area contributed by atoms with Crippen molar-refractivity contribution < 1.29 is 0 Å². The molecule has 3 aromatic rings. The van der Waals surface area contributed by atoms with Crippen molar-refractivity contribution >= 4 is 0 Å². The third-order valence-corrected chi connectivity index (χ3v) is 5.35. The van der Waals surface area contributed by atoms with Crippen LogP contribution in [0.25, 0.3) is 0 Å². The molecule has 0 amide bonds. The van der Waals surface area contributed by atoms with E-state index in [2.05, 4.69) is 109 Å². The molecule has 0 aliphatic rings. The molecule has 2 nitrogen and oxygen atoms in total. The summed E-state index contributed by atoms with van der Waals surface area (Å²) >= 11 is 0. The van der Waals surface area contributed by atoms with Crippen LogP contribution in [-0.4, -0.2) is 0 Å². The zero-order chi connectivity index (χ0) is 19.6. The second kappa shape index (κ2) is 10.8. The lowest BCUT2D eigenvalue weighted by atomic mass is 9.98. The predicted molar refractivity (Wildman–Crippen MR) is 119 cm³/mol. The first-order valence-corrected chi connectivity index (χ1v) is 10.4. The van der Waals surface area contributed by atoms with Crippen LogP contribution in [0.4, 0.5) is 0 Å². The average Bonchev–Trinajstić information content (AvgIpc) is 2.77. The largest absolute Gasteiger partial charge is 0.306 e. The molecule has 0 spiro atoms. The zero-order valence-corrected chi connectivity index (χ0v) is 17.1. The van der Waals surface area contributed by atoms with E-state index < -0.39 is 0 Å². The summed E-state index contributed by atoms with van der Waals surface area (Å²) in [6.07, 6.45) is 2.16. The Bertz CT molecular complexity index is 726. The molecule has 146 valence electrons. The Morgan fingerprint density at radius 2 is 0.893 bits per heavy atom. The van der Waals surface area contributed by atoms with E-state index in [9.17, 15) is 0 Å². The second-order valence-electron chi connectivity index (χ2n) is 7.32. The van der Waals surface area contributed by atoms with Crippen LogP contribution in [0.15, 0.2) is 84.9 Å². The molecule has 0 saturated carbocycles. The molecular formula is C26H32N2. The quantitative estimate of drug-likeness (QED) is 0.445. The zero-order valence-electron chi connectivity index (χ0n) is 17.1. The Hall–Kier alpha value is -2.42. The van der Waals surface area contributed by atoms with Crippen LogP contribution in [0.1, 0.15) is 61.0 Å². The smallest absolute Gasteiger partial charge is 0.0320 e. The van der Waals surface area contributed by atoms with E-state index in [-0.39, 0.29) is 0 Å². The number of hydrogen-bond donors (Lipinski definition) is 2. The van der Waals surface area contributed by atoms with Gasteiger partial charge in [-0.25, -0.2) is 0 Å². The van der Waals surface area contributed by atoms with Crippen LogP contribution in [-0.2, 0) is 13.1 Å². The summed E-state index contributed by atoms with van der Waals surface area (Å²) in [5.74, 6) is 0. The van der Waals surface area contributed by atoms with Crippen LogP contribution in [0.5, 0.6) is 0 Å². The first kappa shape index (κ1) is 20.3. The van der Waals surface area contributed by atoms with E-state index in [0.717, 1.165) is 25.9 Å². The third kappa shape index (κ3) is 5.79. The van der Waals surface area contributed by atoms with Crippen molar-refractivity contribution in [2.24, 2.45) is 0 Å². The van der Waals surface area contributed by atoms with Crippen molar-refractivity contribution in [1.82, 2.24) is 10.6 Å². The molecule has 3 aromatic carbocycles. The molecule has 0 saturated heterocycles. The fourth-order valence-corrected chi connectivity index (χ4v) is 3.63. The minimum atomic E-state index is 0.381. The molecule has 0 aromatic heterocycles. The summed E-state index contributed by atoms with van der Waals surface area (Å²) in [7, 11) is 0. The Kier molecular flexibility index (Phi) is 7.83. The molecule has 0 radical (unpaired) electrons. The van der Waals surface area contributed by atoms with Crippen LogP contribution in [0, 0.1) is 0 Å². The maximum absolute atomic E-state index is 3.70. The minimum absolute atomic E-state index is 0.381. The predicted octanol–water partition coefficient (Wildman–Crippen LogP) is 6.17. The second-order valence-corrected chi connectivity index (χ2v) is 7.32. The molecule has 2 heteroatoms. The topological polar surface area (TPSA) is 24.1 Å². The van der Waals surface area contributed by atoms with Gasteiger partial charge in [-0.2, -0.15) is 0 Å². The Morgan fingerprint density at radius 1 is 0.536 bits per heavy atom. The lowest BCUT2D eigenvalue weighted by molar-refractivity contribution is 0.511. The minimum Gasteiger partial charge on any atom is -0.306 e. The van der Waals surface area contributed by atoms with Gasteiger partial charge in [-0.15, -0.1) is 0 Å². The fraction of sp³-hybridized carbons (Fsp3) is 0.308. The highest BCUT2D eigenvalue weighted by Gasteiger charge is 2.12. The number of hydrogen-bond acceptors (Lipinski definition) is 2. The SMILES string of the molecule is CCC(NCc1ccccc1)c1ccc(C(CC)NCc2ccccc2)cc1. The van der Waals surface area contributed by atoms with Gasteiger partial charge in [0.2, 0.25) is 0 Å². The van der Waals surface area contributed by atoms with E-state index in [1.807, 2.05) is 0 Å². The molecule has 3 rings (SSSR count). The molecule has 0 heterocycles. The van der Waals surface area contributed by atoms with Crippen LogP contribution < -0.4 is 10.6 Å². The van der Waals surface area contributed by atoms with Gasteiger partial charge in [0.05, 0.1) is 0 Å². The highest BCUT2D eigenvalue weighted by molar-refractivity contribution is 5.28. The van der Waals surface area contributed by atoms with Crippen molar-refractivity contribution in [3.63, 3.8) is 0 Å². The molecule has 0 aliphatic heterocycles. The molecule has 2 unspecified atom stereocenters. The van der Waals surface area contributed by atoms with E-state index in [0.29, 0.717) is 12.1 Å². The Morgan fingerprint density at radius 3 is 1.21 bits per heavy atom. The maximum atomic E-state index is 3.70. The summed E-state index contributed by atoms with van der Waals surface area (Å²) in [5.41, 5.74) is 5.38. The van der Waals surface area contributed by atoms with Gasteiger partial charge < -0.3 is 10.6 Å². The molecular weight excluding hydrogens is 340 g/mol. The number of benzene rings is 3. The summed E-state index contributed by atoms with van der Waals surface area (Å²) in [6, 6.07) is 31.1. The maximum Gasteiger partial charge on any atom is 0.0320 e. The van der Waals surface area contributed by atoms with E-state index in [1.165, 1.54) is 22.3 Å². The molecule has 0 bridgehead atoms. The van der Waals surface area contributed by atoms with E-state index in [4.69, 9.17) is 0 Å². The normalized spacial score (nSPS) is 13.2. The van der Waals surface area contributed by atoms with Gasteiger partial charge in [-0.05, 0) is 35.1 Å². The van der Waals surface area contributed by atoms with E-state index in [1.54, 1.807) is 0 Å². The fourth-order valence-electron chi connectivity index (χ4n) is 3.63. The highest BCUT2D eigenvalue weighted by atomic mass is 14.9. The van der Waals surface area contributed by atoms with Crippen molar-refractivity contribution in [2.45, 2.75) is 51.9 Å². The molecule has 2 atom stereocenters. The van der Waals surface area contributed by atoms with Gasteiger partial charge in [0.15, 0.2) is 0 Å². The van der Waals surface area contributed by atoms with Gasteiger partial charge in [0.25, 0.3) is 0 Å². The summed E-state index contributed by atoms with van der Waals surface area (Å²) in [6.45, 7) is 6.29. The lowest BCUT2D eigenvalue weighted by Gasteiger charge is -2.21. The van der Waals surface area contributed by atoms with E-state index >= 15 is 0 Å². The van der Waals surface area contributed by atoms with Crippen molar-refractivity contribution in [1.29, 1.82) is 0 Å². The van der Waals surface area contributed by atoms with Crippen LogP contribution >= 0.6 is 0 Å². The lowest BCUT2D eigenvalue weighted by Crippen LogP contribution is -2.21. The third-order valence-electron chi connectivity index (χ3n) is 5.35. The number of rotatable bonds is 10. The standard InChI is InChI=1S/C26H32N2/c1-3-25(27-19-21-11-7-5-8-12-21)23-15-17-24(18-16-23)26(4-2)28-20-22-13-9-6-10-14-22/h5-18,25-28H,3-4,19-20H2,1-2H3. The van der Waals surface area contributed by atoms with Crippen LogP contribution in [0.3, 0.4) is 0 Å². The van der Waals surface area contributed by atoms with Crippen LogP contribution in [0.2, 0.25) is 0 Å². The summed E-state index contributed by atoms with van der Waals surface area (Å²) in [4.78, 5) is 0. The van der Waals surface area contributed by atoms with Crippen molar-refractivity contribution in [3.05, 3.63) is 107 Å². The molecule has 28 heavy (non-hydrogen) atoms.